The van der Waals surface area contributed by atoms with Crippen LogP contribution in [0.1, 0.15) is 18.4 Å². The van der Waals surface area contributed by atoms with E-state index < -0.39 is 0 Å². The van der Waals surface area contributed by atoms with Crippen LogP contribution in [0.2, 0.25) is 0 Å². The van der Waals surface area contributed by atoms with Crippen LogP contribution in [-0.2, 0) is 18.4 Å². The molecule has 0 saturated heterocycles. The third kappa shape index (κ3) is 3.64. The number of benzene rings is 1. The molecule has 23 heavy (non-hydrogen) atoms. The average Bonchev–Trinajstić information content (AvgIpc) is 3.33. The Kier molecular flexibility index (Phi) is 4.51. The van der Waals surface area contributed by atoms with Crippen LogP contribution in [-0.4, -0.2) is 37.4 Å². The first-order chi connectivity index (χ1) is 11.1. The molecule has 0 atom stereocenters. The summed E-state index contributed by atoms with van der Waals surface area (Å²) in [5.74, 6) is 0.240. The van der Waals surface area contributed by atoms with E-state index in [9.17, 15) is 9.18 Å². The third-order valence-electron chi connectivity index (χ3n) is 3.80. The van der Waals surface area contributed by atoms with Gasteiger partial charge in [-0.2, -0.15) is 0 Å². The Bertz CT molecular complexity index is 716. The van der Waals surface area contributed by atoms with Crippen LogP contribution < -0.4 is 5.73 Å². The largest absolute Gasteiger partial charge is 0.368 e. The van der Waals surface area contributed by atoms with Crippen LogP contribution in [0.4, 0.5) is 10.3 Å². The molecule has 6 nitrogen and oxygen atoms in total. The average molecular weight is 335 g/mol. The van der Waals surface area contributed by atoms with Gasteiger partial charge in [-0.3, -0.25) is 9.36 Å². The topological polar surface area (TPSA) is 77.0 Å². The molecule has 122 valence electrons. The van der Waals surface area contributed by atoms with Crippen LogP contribution in [0.15, 0.2) is 29.4 Å². The van der Waals surface area contributed by atoms with Gasteiger partial charge in [-0.05, 0) is 18.9 Å². The van der Waals surface area contributed by atoms with Crippen molar-refractivity contribution in [2.24, 2.45) is 7.05 Å². The van der Waals surface area contributed by atoms with Gasteiger partial charge in [-0.25, -0.2) is 4.39 Å². The molecule has 1 saturated carbocycles. The van der Waals surface area contributed by atoms with Crippen LogP contribution >= 0.6 is 11.8 Å². The van der Waals surface area contributed by atoms with E-state index in [1.807, 2.05) is 0 Å². The Morgan fingerprint density at radius 1 is 1.43 bits per heavy atom. The fourth-order valence-corrected chi connectivity index (χ4v) is 3.08. The highest BCUT2D eigenvalue weighted by atomic mass is 32.2. The number of hydrogen-bond acceptors (Lipinski definition) is 5. The van der Waals surface area contributed by atoms with E-state index in [0.717, 1.165) is 12.8 Å². The second-order valence-electron chi connectivity index (χ2n) is 5.53. The molecule has 0 spiro atoms. The van der Waals surface area contributed by atoms with Crippen LogP contribution in [0.25, 0.3) is 0 Å². The maximum absolute atomic E-state index is 13.8. The van der Waals surface area contributed by atoms with Crippen molar-refractivity contribution < 1.29 is 9.18 Å². The molecule has 2 aromatic rings. The first-order valence-corrected chi connectivity index (χ1v) is 8.35. The molecule has 1 aliphatic carbocycles. The lowest BCUT2D eigenvalue weighted by atomic mass is 10.2. The summed E-state index contributed by atoms with van der Waals surface area (Å²) >= 11 is 1.29. The maximum Gasteiger partial charge on any atom is 0.233 e. The van der Waals surface area contributed by atoms with Crippen molar-refractivity contribution in [3.05, 3.63) is 35.6 Å². The molecule has 1 amide bonds. The quantitative estimate of drug-likeness (QED) is 0.815. The summed E-state index contributed by atoms with van der Waals surface area (Å²) in [6.45, 7) is 0.303. The lowest BCUT2D eigenvalue weighted by Gasteiger charge is -2.22. The molecule has 3 rings (SSSR count). The molecule has 1 aromatic heterocycles. The maximum atomic E-state index is 13.8. The number of nitrogen functional groups attached to an aromatic ring is 1. The number of amides is 1. The number of thioether (sulfide) groups is 1. The lowest BCUT2D eigenvalue weighted by Crippen LogP contribution is -2.34. The van der Waals surface area contributed by atoms with E-state index in [1.165, 1.54) is 17.8 Å². The van der Waals surface area contributed by atoms with Gasteiger partial charge >= 0.3 is 0 Å². The SMILES string of the molecule is Cn1c(N)nnc1SCC(=O)N(Cc1ccccc1F)C1CC1. The van der Waals surface area contributed by atoms with Gasteiger partial charge in [0.05, 0.1) is 5.75 Å². The standard InChI is InChI=1S/C15H18FN5OS/c1-20-14(17)18-19-15(20)23-9-13(22)21(11-6-7-11)8-10-4-2-3-5-12(10)16/h2-5,11H,6-9H2,1H3,(H2,17,18). The van der Waals surface area contributed by atoms with Crippen molar-refractivity contribution in [2.75, 3.05) is 11.5 Å². The second-order valence-corrected chi connectivity index (χ2v) is 6.48. The van der Waals surface area contributed by atoms with Crippen molar-refractivity contribution in [1.82, 2.24) is 19.7 Å². The van der Waals surface area contributed by atoms with E-state index in [1.54, 1.807) is 34.7 Å². The van der Waals surface area contributed by atoms with E-state index in [4.69, 9.17) is 5.73 Å². The first kappa shape index (κ1) is 15.8. The first-order valence-electron chi connectivity index (χ1n) is 7.37. The Hall–Kier alpha value is -2.09. The van der Waals surface area contributed by atoms with Gasteiger partial charge in [-0.1, -0.05) is 30.0 Å². The normalized spacial score (nSPS) is 14.0. The molecule has 1 fully saturated rings. The van der Waals surface area contributed by atoms with E-state index in [-0.39, 0.29) is 23.5 Å². The molecular formula is C15H18FN5OS. The summed E-state index contributed by atoms with van der Waals surface area (Å²) in [6, 6.07) is 6.78. The fourth-order valence-electron chi connectivity index (χ4n) is 2.28. The van der Waals surface area contributed by atoms with Crippen molar-refractivity contribution >= 4 is 23.6 Å². The van der Waals surface area contributed by atoms with E-state index >= 15 is 0 Å². The van der Waals surface area contributed by atoms with Crippen LogP contribution in [0.5, 0.6) is 0 Å². The number of hydrogen-bond donors (Lipinski definition) is 1. The molecule has 0 aliphatic heterocycles. The summed E-state index contributed by atoms with van der Waals surface area (Å²) in [4.78, 5) is 14.3. The molecule has 1 aromatic carbocycles. The highest BCUT2D eigenvalue weighted by Gasteiger charge is 2.33. The predicted molar refractivity (Wildman–Crippen MR) is 86.1 cm³/mol. The van der Waals surface area contributed by atoms with Gasteiger partial charge in [-0.15, -0.1) is 10.2 Å². The van der Waals surface area contributed by atoms with Gasteiger partial charge in [0.25, 0.3) is 0 Å². The predicted octanol–water partition coefficient (Wildman–Crippen LogP) is 1.82. The van der Waals surface area contributed by atoms with Gasteiger partial charge in [0.1, 0.15) is 5.82 Å². The number of carbonyl (C=O) groups is 1. The number of carbonyl (C=O) groups excluding carboxylic acids is 1. The fraction of sp³-hybridized carbons (Fsp3) is 0.400. The Morgan fingerprint density at radius 2 is 2.17 bits per heavy atom. The van der Waals surface area contributed by atoms with Crippen molar-refractivity contribution in [1.29, 1.82) is 0 Å². The minimum Gasteiger partial charge on any atom is -0.368 e. The third-order valence-corrected chi connectivity index (χ3v) is 4.80. The van der Waals surface area contributed by atoms with Crippen LogP contribution in [0.3, 0.4) is 0 Å². The molecule has 2 N–H and O–H groups in total. The zero-order valence-corrected chi connectivity index (χ0v) is 13.6. The van der Waals surface area contributed by atoms with Gasteiger partial charge < -0.3 is 10.6 Å². The molecular weight excluding hydrogens is 317 g/mol. The van der Waals surface area contributed by atoms with Crippen LogP contribution in [0, 0.1) is 5.82 Å². The molecule has 0 bridgehead atoms. The van der Waals surface area contributed by atoms with Gasteiger partial charge in [0, 0.05) is 25.2 Å². The Morgan fingerprint density at radius 3 is 2.78 bits per heavy atom. The monoisotopic (exact) mass is 335 g/mol. The molecule has 0 unspecified atom stereocenters. The molecule has 1 heterocycles. The summed E-state index contributed by atoms with van der Waals surface area (Å²) < 4.78 is 15.5. The summed E-state index contributed by atoms with van der Waals surface area (Å²) in [5, 5.41) is 8.28. The number of anilines is 1. The number of aromatic nitrogens is 3. The summed E-state index contributed by atoms with van der Waals surface area (Å²) in [6.07, 6.45) is 1.95. The molecule has 1 aliphatic rings. The minimum absolute atomic E-state index is 0.0256. The number of nitrogens with zero attached hydrogens (tertiary/aromatic N) is 4. The van der Waals surface area contributed by atoms with Gasteiger partial charge in [0.15, 0.2) is 5.16 Å². The lowest BCUT2D eigenvalue weighted by molar-refractivity contribution is -0.129. The highest BCUT2D eigenvalue weighted by Crippen LogP contribution is 2.30. The number of nitrogens with two attached hydrogens (primary N) is 1. The van der Waals surface area contributed by atoms with Gasteiger partial charge in [0.2, 0.25) is 11.9 Å². The second kappa shape index (κ2) is 6.57. The summed E-state index contributed by atoms with van der Waals surface area (Å²) in [7, 11) is 1.75. The molecule has 0 radical (unpaired) electrons. The number of rotatable bonds is 6. The van der Waals surface area contributed by atoms with E-state index in [2.05, 4.69) is 10.2 Å². The van der Waals surface area contributed by atoms with Crippen molar-refractivity contribution in [3.63, 3.8) is 0 Å². The smallest absolute Gasteiger partial charge is 0.233 e. The number of halogens is 1. The Labute approximate surface area is 137 Å². The zero-order chi connectivity index (χ0) is 16.4. The van der Waals surface area contributed by atoms with E-state index in [0.29, 0.717) is 23.2 Å². The highest BCUT2D eigenvalue weighted by molar-refractivity contribution is 7.99. The van der Waals surface area contributed by atoms with Crippen molar-refractivity contribution in [3.8, 4) is 0 Å². The summed E-state index contributed by atoms with van der Waals surface area (Å²) in [5.41, 5.74) is 6.17. The Balaban J connectivity index is 1.65. The molecule has 8 heteroatoms. The van der Waals surface area contributed by atoms with Crippen molar-refractivity contribution in [2.45, 2.75) is 30.6 Å². The zero-order valence-electron chi connectivity index (χ0n) is 12.8. The minimum atomic E-state index is -0.278.